The topological polar surface area (TPSA) is 66.6 Å². The van der Waals surface area contributed by atoms with Gasteiger partial charge in [-0.15, -0.1) is 0 Å². The van der Waals surface area contributed by atoms with Crippen molar-refractivity contribution in [2.45, 2.75) is 13.0 Å². The van der Waals surface area contributed by atoms with E-state index in [1.54, 1.807) is 11.0 Å². The number of aromatic hydroxyl groups is 1. The molecule has 108 valence electrons. The molecular weight excluding hydrogens is 288 g/mol. The molecule has 2 aromatic rings. The number of halogens is 1. The van der Waals surface area contributed by atoms with Crippen molar-refractivity contribution >= 4 is 23.2 Å². The molecule has 0 fully saturated rings. The molecule has 1 aliphatic heterocycles. The highest BCUT2D eigenvalue weighted by atomic mass is 35.5. The van der Waals surface area contributed by atoms with Gasteiger partial charge in [-0.3, -0.25) is 4.79 Å². The maximum Gasteiger partial charge on any atom is 0.257 e. The van der Waals surface area contributed by atoms with Gasteiger partial charge in [0.25, 0.3) is 5.91 Å². The Bertz CT molecular complexity index is 715. The first-order valence-electron chi connectivity index (χ1n) is 6.70. The SMILES string of the molecule is Nc1cccc2c1CCN(C(=O)c1cc(Cl)ccc1O)C2. The largest absolute Gasteiger partial charge is 0.507 e. The van der Waals surface area contributed by atoms with Crippen LogP contribution >= 0.6 is 11.6 Å². The normalized spacial score (nSPS) is 13.9. The van der Waals surface area contributed by atoms with Crippen molar-refractivity contribution in [1.29, 1.82) is 0 Å². The van der Waals surface area contributed by atoms with Gasteiger partial charge in [-0.25, -0.2) is 0 Å². The van der Waals surface area contributed by atoms with E-state index in [1.807, 2.05) is 18.2 Å². The number of hydrogen-bond acceptors (Lipinski definition) is 3. The zero-order chi connectivity index (χ0) is 15.0. The second-order valence-corrected chi connectivity index (χ2v) is 5.56. The third kappa shape index (κ3) is 2.54. The quantitative estimate of drug-likeness (QED) is 0.796. The van der Waals surface area contributed by atoms with E-state index in [0.29, 0.717) is 18.1 Å². The molecule has 3 rings (SSSR count). The zero-order valence-electron chi connectivity index (χ0n) is 11.3. The zero-order valence-corrected chi connectivity index (χ0v) is 12.1. The molecule has 1 amide bonds. The lowest BCUT2D eigenvalue weighted by molar-refractivity contribution is 0.0732. The van der Waals surface area contributed by atoms with Crippen LogP contribution in [0.5, 0.6) is 5.75 Å². The maximum atomic E-state index is 12.5. The summed E-state index contributed by atoms with van der Waals surface area (Å²) in [5.74, 6) is -0.272. The summed E-state index contributed by atoms with van der Waals surface area (Å²) >= 11 is 5.90. The lowest BCUT2D eigenvalue weighted by Crippen LogP contribution is -2.36. The molecule has 0 spiro atoms. The van der Waals surface area contributed by atoms with E-state index in [1.165, 1.54) is 12.1 Å². The number of hydrogen-bond donors (Lipinski definition) is 2. The number of phenolic OH excluding ortho intramolecular Hbond substituents is 1. The third-order valence-corrected chi connectivity index (χ3v) is 4.01. The number of amides is 1. The Labute approximate surface area is 127 Å². The monoisotopic (exact) mass is 302 g/mol. The molecule has 0 radical (unpaired) electrons. The number of carbonyl (C=O) groups excluding carboxylic acids is 1. The highest BCUT2D eigenvalue weighted by Gasteiger charge is 2.24. The number of benzene rings is 2. The highest BCUT2D eigenvalue weighted by Crippen LogP contribution is 2.28. The Morgan fingerprint density at radius 1 is 1.29 bits per heavy atom. The van der Waals surface area contributed by atoms with Gasteiger partial charge in [-0.1, -0.05) is 23.7 Å². The first-order valence-corrected chi connectivity index (χ1v) is 7.08. The van der Waals surface area contributed by atoms with Crippen molar-refractivity contribution < 1.29 is 9.90 Å². The van der Waals surface area contributed by atoms with Crippen molar-refractivity contribution in [3.63, 3.8) is 0 Å². The van der Waals surface area contributed by atoms with Crippen molar-refractivity contribution in [2.24, 2.45) is 0 Å². The van der Waals surface area contributed by atoms with E-state index >= 15 is 0 Å². The molecule has 0 aliphatic carbocycles. The molecule has 0 bridgehead atoms. The molecule has 5 heteroatoms. The van der Waals surface area contributed by atoms with Crippen molar-refractivity contribution in [1.82, 2.24) is 4.90 Å². The molecule has 3 N–H and O–H groups in total. The Kier molecular flexibility index (Phi) is 3.47. The van der Waals surface area contributed by atoms with Gasteiger partial charge in [-0.2, -0.15) is 0 Å². The van der Waals surface area contributed by atoms with Crippen LogP contribution in [0.3, 0.4) is 0 Å². The maximum absolute atomic E-state index is 12.5. The Morgan fingerprint density at radius 3 is 2.90 bits per heavy atom. The van der Waals surface area contributed by atoms with Gasteiger partial charge in [0.05, 0.1) is 5.56 Å². The first-order chi connectivity index (χ1) is 10.1. The summed E-state index contributed by atoms with van der Waals surface area (Å²) in [7, 11) is 0. The smallest absolute Gasteiger partial charge is 0.257 e. The average molecular weight is 303 g/mol. The van der Waals surface area contributed by atoms with Crippen molar-refractivity contribution in [3.8, 4) is 5.75 Å². The summed E-state index contributed by atoms with van der Waals surface area (Å²) in [4.78, 5) is 14.2. The first kappa shape index (κ1) is 13.8. The number of carbonyl (C=O) groups is 1. The lowest BCUT2D eigenvalue weighted by Gasteiger charge is -2.29. The van der Waals surface area contributed by atoms with E-state index in [0.717, 1.165) is 23.2 Å². The molecule has 0 atom stereocenters. The summed E-state index contributed by atoms with van der Waals surface area (Å²) in [6.45, 7) is 1.07. The Morgan fingerprint density at radius 2 is 2.10 bits per heavy atom. The summed E-state index contributed by atoms with van der Waals surface area (Å²) in [5, 5.41) is 10.3. The second-order valence-electron chi connectivity index (χ2n) is 5.12. The predicted octanol–water partition coefficient (Wildman–Crippen LogP) is 2.83. The van der Waals surface area contributed by atoms with Crippen LogP contribution in [0.15, 0.2) is 36.4 Å². The minimum absolute atomic E-state index is 0.0530. The van der Waals surface area contributed by atoms with Crippen LogP contribution in [0, 0.1) is 0 Å². The standard InChI is InChI=1S/C16H15ClN2O2/c17-11-4-5-15(20)13(8-11)16(21)19-7-6-12-10(9-19)2-1-3-14(12)18/h1-5,8,20H,6-7,9,18H2. The van der Waals surface area contributed by atoms with Crippen LogP contribution in [0.1, 0.15) is 21.5 Å². The minimum atomic E-state index is -0.219. The number of nitrogen functional groups attached to an aromatic ring is 1. The fourth-order valence-corrected chi connectivity index (χ4v) is 2.83. The van der Waals surface area contributed by atoms with Gasteiger partial charge in [0.2, 0.25) is 0 Å². The van der Waals surface area contributed by atoms with Gasteiger partial charge in [-0.05, 0) is 41.8 Å². The molecule has 0 saturated carbocycles. The van der Waals surface area contributed by atoms with Crippen molar-refractivity contribution in [2.75, 3.05) is 12.3 Å². The number of rotatable bonds is 1. The number of nitrogens with zero attached hydrogens (tertiary/aromatic N) is 1. The van der Waals surface area contributed by atoms with Crippen LogP contribution < -0.4 is 5.73 Å². The number of phenols is 1. The molecule has 21 heavy (non-hydrogen) atoms. The van der Waals surface area contributed by atoms with Gasteiger partial charge < -0.3 is 15.7 Å². The van der Waals surface area contributed by atoms with E-state index in [9.17, 15) is 9.90 Å². The van der Waals surface area contributed by atoms with Crippen LogP contribution in [0.2, 0.25) is 5.02 Å². The third-order valence-electron chi connectivity index (χ3n) is 3.78. The van der Waals surface area contributed by atoms with Crippen LogP contribution in [-0.2, 0) is 13.0 Å². The van der Waals surface area contributed by atoms with E-state index in [4.69, 9.17) is 17.3 Å². The minimum Gasteiger partial charge on any atom is -0.507 e. The molecule has 1 aliphatic rings. The van der Waals surface area contributed by atoms with Gasteiger partial charge in [0, 0.05) is 23.8 Å². The van der Waals surface area contributed by atoms with E-state index < -0.39 is 0 Å². The molecule has 0 saturated heterocycles. The Hall–Kier alpha value is -2.20. The summed E-state index contributed by atoms with van der Waals surface area (Å²) < 4.78 is 0. The fraction of sp³-hybridized carbons (Fsp3) is 0.188. The number of nitrogens with two attached hydrogens (primary N) is 1. The summed E-state index contributed by atoms with van der Waals surface area (Å²) in [5.41, 5.74) is 9.12. The van der Waals surface area contributed by atoms with Crippen LogP contribution in [0.4, 0.5) is 5.69 Å². The fourth-order valence-electron chi connectivity index (χ4n) is 2.66. The second kappa shape index (κ2) is 5.30. The average Bonchev–Trinajstić information content (AvgIpc) is 2.49. The number of fused-ring (bicyclic) bond motifs is 1. The van der Waals surface area contributed by atoms with E-state index in [2.05, 4.69) is 0 Å². The molecule has 2 aromatic carbocycles. The highest BCUT2D eigenvalue weighted by molar-refractivity contribution is 6.31. The molecular formula is C16H15ClN2O2. The number of anilines is 1. The van der Waals surface area contributed by atoms with Crippen LogP contribution in [-0.4, -0.2) is 22.5 Å². The van der Waals surface area contributed by atoms with Gasteiger partial charge in [0.15, 0.2) is 0 Å². The van der Waals surface area contributed by atoms with Gasteiger partial charge in [0.1, 0.15) is 5.75 Å². The van der Waals surface area contributed by atoms with Crippen molar-refractivity contribution in [3.05, 3.63) is 58.1 Å². The van der Waals surface area contributed by atoms with Gasteiger partial charge >= 0.3 is 0 Å². The molecule has 4 nitrogen and oxygen atoms in total. The summed E-state index contributed by atoms with van der Waals surface area (Å²) in [6, 6.07) is 10.2. The van der Waals surface area contributed by atoms with Crippen LogP contribution in [0.25, 0.3) is 0 Å². The molecule has 0 aromatic heterocycles. The predicted molar refractivity (Wildman–Crippen MR) is 82.4 cm³/mol. The summed E-state index contributed by atoms with van der Waals surface area (Å²) in [6.07, 6.45) is 0.717. The molecule has 0 unspecified atom stereocenters. The van der Waals surface area contributed by atoms with E-state index in [-0.39, 0.29) is 17.2 Å². The Balaban J connectivity index is 1.89. The molecule has 1 heterocycles. The lowest BCUT2D eigenvalue weighted by atomic mass is 9.97.